The van der Waals surface area contributed by atoms with E-state index in [-0.39, 0.29) is 11.7 Å². The summed E-state index contributed by atoms with van der Waals surface area (Å²) >= 11 is 0. The number of nitrogens with zero attached hydrogens (tertiary/aromatic N) is 2. The molecule has 0 saturated heterocycles. The van der Waals surface area contributed by atoms with Crippen molar-refractivity contribution < 1.29 is 9.90 Å². The molecule has 0 atom stereocenters. The van der Waals surface area contributed by atoms with Gasteiger partial charge in [-0.25, -0.2) is 5.43 Å². The third kappa shape index (κ3) is 7.02. The Hall–Kier alpha value is -2.04. The van der Waals surface area contributed by atoms with Crippen LogP contribution in [0.3, 0.4) is 0 Å². The summed E-state index contributed by atoms with van der Waals surface area (Å²) < 4.78 is 0. The van der Waals surface area contributed by atoms with Crippen molar-refractivity contribution in [2.45, 2.75) is 59.3 Å². The second-order valence-corrected chi connectivity index (χ2v) is 5.87. The first-order valence-corrected chi connectivity index (χ1v) is 9.02. The Bertz CT molecular complexity index is 525. The van der Waals surface area contributed by atoms with Crippen LogP contribution in [0.4, 0.5) is 5.69 Å². The second kappa shape index (κ2) is 11.5. The van der Waals surface area contributed by atoms with Crippen LogP contribution >= 0.6 is 0 Å². The Labute approximate surface area is 145 Å². The number of hydrazone groups is 1. The zero-order chi connectivity index (χ0) is 17.8. The maximum Gasteiger partial charge on any atom is 0.240 e. The van der Waals surface area contributed by atoms with E-state index in [1.165, 1.54) is 25.5 Å². The number of carbonyl (C=O) groups is 1. The molecular formula is C19H31N3O2. The first-order chi connectivity index (χ1) is 11.6. The molecule has 5 heteroatoms. The molecular weight excluding hydrogens is 302 g/mol. The normalized spacial score (nSPS) is 11.0. The molecule has 0 bridgehead atoms. The van der Waals surface area contributed by atoms with Gasteiger partial charge in [0.15, 0.2) is 0 Å². The minimum Gasteiger partial charge on any atom is -0.507 e. The van der Waals surface area contributed by atoms with Crippen molar-refractivity contribution in [1.29, 1.82) is 0 Å². The van der Waals surface area contributed by atoms with E-state index in [9.17, 15) is 9.90 Å². The maximum atomic E-state index is 11.7. The Morgan fingerprint density at radius 1 is 1.17 bits per heavy atom. The van der Waals surface area contributed by atoms with Gasteiger partial charge < -0.3 is 10.0 Å². The molecule has 0 unspecified atom stereocenters. The fourth-order valence-corrected chi connectivity index (χ4v) is 2.55. The number of carbonyl (C=O) groups excluding carboxylic acids is 1. The van der Waals surface area contributed by atoms with Gasteiger partial charge in [0.2, 0.25) is 5.91 Å². The van der Waals surface area contributed by atoms with Crippen LogP contribution in [0, 0.1) is 0 Å². The smallest absolute Gasteiger partial charge is 0.240 e. The maximum absolute atomic E-state index is 11.7. The molecule has 0 saturated carbocycles. The van der Waals surface area contributed by atoms with Crippen LogP contribution < -0.4 is 10.3 Å². The highest BCUT2D eigenvalue weighted by Crippen LogP contribution is 2.23. The SMILES string of the molecule is CCCCCCCC(=O)NN=Cc1ccc(N(CC)CC)cc1O. The van der Waals surface area contributed by atoms with E-state index in [2.05, 4.69) is 36.2 Å². The summed E-state index contributed by atoms with van der Waals surface area (Å²) in [6.07, 6.45) is 7.56. The van der Waals surface area contributed by atoms with Gasteiger partial charge in [0.25, 0.3) is 0 Å². The van der Waals surface area contributed by atoms with Gasteiger partial charge in [-0.05, 0) is 32.4 Å². The van der Waals surface area contributed by atoms with E-state index >= 15 is 0 Å². The predicted molar refractivity (Wildman–Crippen MR) is 101 cm³/mol. The van der Waals surface area contributed by atoms with Gasteiger partial charge in [-0.1, -0.05) is 32.6 Å². The van der Waals surface area contributed by atoms with Gasteiger partial charge in [-0.2, -0.15) is 5.10 Å². The van der Waals surface area contributed by atoms with Gasteiger partial charge in [0.1, 0.15) is 5.75 Å². The monoisotopic (exact) mass is 333 g/mol. The Morgan fingerprint density at radius 3 is 2.50 bits per heavy atom. The fraction of sp³-hybridized carbons (Fsp3) is 0.579. The molecule has 5 nitrogen and oxygen atoms in total. The molecule has 0 radical (unpaired) electrons. The minimum atomic E-state index is -0.0815. The summed E-state index contributed by atoms with van der Waals surface area (Å²) in [4.78, 5) is 13.8. The van der Waals surface area contributed by atoms with Crippen LogP contribution in [0.2, 0.25) is 0 Å². The van der Waals surface area contributed by atoms with Crippen LogP contribution in [0.5, 0.6) is 5.75 Å². The van der Waals surface area contributed by atoms with Crippen LogP contribution in [0.1, 0.15) is 64.9 Å². The zero-order valence-electron chi connectivity index (χ0n) is 15.2. The number of phenols is 1. The third-order valence-corrected chi connectivity index (χ3v) is 4.04. The summed E-state index contributed by atoms with van der Waals surface area (Å²) in [5, 5.41) is 14.0. The highest BCUT2D eigenvalue weighted by atomic mass is 16.3. The molecule has 1 aromatic carbocycles. The number of hydrogen-bond acceptors (Lipinski definition) is 4. The van der Waals surface area contributed by atoms with Crippen molar-refractivity contribution in [2.24, 2.45) is 5.10 Å². The number of hydrogen-bond donors (Lipinski definition) is 2. The molecule has 1 aromatic rings. The van der Waals surface area contributed by atoms with Gasteiger partial charge in [-0.3, -0.25) is 4.79 Å². The van der Waals surface area contributed by atoms with E-state index in [0.717, 1.165) is 31.6 Å². The van der Waals surface area contributed by atoms with E-state index in [0.29, 0.717) is 12.0 Å². The summed E-state index contributed by atoms with van der Waals surface area (Å²) in [5.41, 5.74) is 4.09. The number of aromatic hydroxyl groups is 1. The largest absolute Gasteiger partial charge is 0.507 e. The number of nitrogens with one attached hydrogen (secondary N) is 1. The molecule has 0 aliphatic rings. The van der Waals surface area contributed by atoms with E-state index in [1.807, 2.05) is 12.1 Å². The summed E-state index contributed by atoms with van der Waals surface area (Å²) in [6, 6.07) is 5.48. The van der Waals surface area contributed by atoms with Crippen LogP contribution in [0.15, 0.2) is 23.3 Å². The summed E-state index contributed by atoms with van der Waals surface area (Å²) in [6.45, 7) is 8.10. The standard InChI is InChI=1S/C19H31N3O2/c1-4-7-8-9-10-11-19(24)21-20-15-16-12-13-17(14-18(16)23)22(5-2)6-3/h12-15,23H,4-11H2,1-3H3,(H,21,24). The van der Waals surface area contributed by atoms with Crippen molar-refractivity contribution >= 4 is 17.8 Å². The first kappa shape index (κ1) is 20.0. The Balaban J connectivity index is 2.45. The summed E-state index contributed by atoms with van der Waals surface area (Å²) in [5.74, 6) is 0.0824. The lowest BCUT2D eigenvalue weighted by molar-refractivity contribution is -0.121. The Kier molecular flexibility index (Phi) is 9.58. The number of benzene rings is 1. The van der Waals surface area contributed by atoms with Gasteiger partial charge >= 0.3 is 0 Å². The van der Waals surface area contributed by atoms with Crippen molar-refractivity contribution in [3.8, 4) is 5.75 Å². The zero-order valence-corrected chi connectivity index (χ0v) is 15.2. The molecule has 0 aliphatic carbocycles. The molecule has 24 heavy (non-hydrogen) atoms. The van der Waals surface area contributed by atoms with Crippen molar-refractivity contribution in [3.63, 3.8) is 0 Å². The molecule has 0 aliphatic heterocycles. The predicted octanol–water partition coefficient (Wildman–Crippen LogP) is 4.05. The minimum absolute atomic E-state index is 0.0815. The first-order valence-electron chi connectivity index (χ1n) is 9.02. The van der Waals surface area contributed by atoms with Crippen LogP contribution in [-0.4, -0.2) is 30.3 Å². The van der Waals surface area contributed by atoms with E-state index < -0.39 is 0 Å². The molecule has 134 valence electrons. The molecule has 2 N–H and O–H groups in total. The molecule has 0 heterocycles. The topological polar surface area (TPSA) is 64.9 Å². The second-order valence-electron chi connectivity index (χ2n) is 5.87. The van der Waals surface area contributed by atoms with Gasteiger partial charge in [0, 0.05) is 36.8 Å². The van der Waals surface area contributed by atoms with Gasteiger partial charge in [0.05, 0.1) is 6.21 Å². The van der Waals surface area contributed by atoms with Crippen LogP contribution in [0.25, 0.3) is 0 Å². The highest BCUT2D eigenvalue weighted by molar-refractivity contribution is 5.86. The van der Waals surface area contributed by atoms with Crippen molar-refractivity contribution in [1.82, 2.24) is 5.43 Å². The number of anilines is 1. The average Bonchev–Trinajstić information content (AvgIpc) is 2.57. The van der Waals surface area contributed by atoms with E-state index in [1.54, 1.807) is 6.07 Å². The lowest BCUT2D eigenvalue weighted by Gasteiger charge is -2.21. The number of unbranched alkanes of at least 4 members (excludes halogenated alkanes) is 4. The molecule has 1 rings (SSSR count). The molecule has 0 spiro atoms. The number of phenolic OH excluding ortho intramolecular Hbond substituents is 1. The van der Waals surface area contributed by atoms with Crippen LogP contribution in [-0.2, 0) is 4.79 Å². The third-order valence-electron chi connectivity index (χ3n) is 4.04. The Morgan fingerprint density at radius 2 is 1.88 bits per heavy atom. The number of rotatable bonds is 11. The highest BCUT2D eigenvalue weighted by Gasteiger charge is 2.05. The molecule has 0 aromatic heterocycles. The van der Waals surface area contributed by atoms with Crippen molar-refractivity contribution in [2.75, 3.05) is 18.0 Å². The molecule has 0 fully saturated rings. The summed E-state index contributed by atoms with van der Waals surface area (Å²) in [7, 11) is 0. The van der Waals surface area contributed by atoms with Gasteiger partial charge in [-0.15, -0.1) is 0 Å². The van der Waals surface area contributed by atoms with Crippen molar-refractivity contribution in [3.05, 3.63) is 23.8 Å². The fourth-order valence-electron chi connectivity index (χ4n) is 2.55. The number of amides is 1. The average molecular weight is 333 g/mol. The quantitative estimate of drug-likeness (QED) is 0.365. The molecule has 1 amide bonds. The van der Waals surface area contributed by atoms with E-state index in [4.69, 9.17) is 0 Å². The lowest BCUT2D eigenvalue weighted by Crippen LogP contribution is -2.21. The lowest BCUT2D eigenvalue weighted by atomic mass is 10.1.